The molecule has 1 amide bonds. The largest absolute Gasteiger partial charge is 0.396 e. The molecule has 0 aliphatic rings. The second-order valence-corrected chi connectivity index (χ2v) is 5.80. The summed E-state index contributed by atoms with van der Waals surface area (Å²) in [5.74, 6) is 0.381. The fourth-order valence-corrected chi connectivity index (χ4v) is 2.51. The average molecular weight is 339 g/mol. The maximum Gasteiger partial charge on any atom is 0.230 e. The van der Waals surface area contributed by atoms with E-state index in [1.54, 1.807) is 23.1 Å². The highest BCUT2D eigenvalue weighted by Gasteiger charge is 2.08. The molecule has 1 aromatic carbocycles. The number of benzene rings is 1. The maximum atomic E-state index is 12.1. The summed E-state index contributed by atoms with van der Waals surface area (Å²) in [6, 6.07) is 11.8. The van der Waals surface area contributed by atoms with E-state index < -0.39 is 0 Å². The van der Waals surface area contributed by atoms with Crippen molar-refractivity contribution in [3.63, 3.8) is 0 Å². The van der Waals surface area contributed by atoms with Gasteiger partial charge >= 0.3 is 0 Å². The van der Waals surface area contributed by atoms with Crippen LogP contribution in [0.25, 0.3) is 0 Å². The molecule has 3 aromatic rings. The predicted molar refractivity (Wildman–Crippen MR) is 94.0 cm³/mol. The smallest absolute Gasteiger partial charge is 0.230 e. The highest BCUT2D eigenvalue weighted by atomic mass is 16.3. The van der Waals surface area contributed by atoms with Gasteiger partial charge in [0.25, 0.3) is 0 Å². The van der Waals surface area contributed by atoms with Crippen molar-refractivity contribution in [1.82, 2.24) is 19.6 Å². The van der Waals surface area contributed by atoms with Crippen molar-refractivity contribution in [2.24, 2.45) is 0 Å². The summed E-state index contributed by atoms with van der Waals surface area (Å²) in [5, 5.41) is 20.1. The Hall–Kier alpha value is -2.93. The van der Waals surface area contributed by atoms with Gasteiger partial charge in [-0.05, 0) is 17.5 Å². The molecule has 0 bridgehead atoms. The molecule has 3 rings (SSSR count). The zero-order valence-electron chi connectivity index (χ0n) is 13.9. The Kier molecular flexibility index (Phi) is 5.58. The average Bonchev–Trinajstić information content (AvgIpc) is 3.23. The van der Waals surface area contributed by atoms with Crippen molar-refractivity contribution >= 4 is 11.7 Å². The number of carbonyl (C=O) groups excluding carboxylic acids is 1. The van der Waals surface area contributed by atoms with Gasteiger partial charge in [-0.2, -0.15) is 10.2 Å². The monoisotopic (exact) mass is 339 g/mol. The minimum Gasteiger partial charge on any atom is -0.396 e. The number of aryl methyl sites for hydroxylation is 1. The third kappa shape index (κ3) is 5.02. The van der Waals surface area contributed by atoms with E-state index in [2.05, 4.69) is 15.5 Å². The number of nitrogens with one attached hydrogen (secondary N) is 1. The first-order chi connectivity index (χ1) is 12.2. The molecule has 7 nitrogen and oxygen atoms in total. The van der Waals surface area contributed by atoms with Gasteiger partial charge in [0.05, 0.1) is 19.2 Å². The van der Waals surface area contributed by atoms with Crippen molar-refractivity contribution in [2.45, 2.75) is 25.9 Å². The molecular weight excluding hydrogens is 318 g/mol. The number of hydrogen-bond acceptors (Lipinski definition) is 4. The first-order valence-corrected chi connectivity index (χ1v) is 8.22. The van der Waals surface area contributed by atoms with Gasteiger partial charge in [0.1, 0.15) is 0 Å². The summed E-state index contributed by atoms with van der Waals surface area (Å²) in [6.07, 6.45) is 6.26. The Morgan fingerprint density at radius 2 is 1.96 bits per heavy atom. The van der Waals surface area contributed by atoms with Crippen molar-refractivity contribution in [3.8, 4) is 0 Å². The molecule has 0 spiro atoms. The minimum absolute atomic E-state index is 0.120. The van der Waals surface area contributed by atoms with Crippen LogP contribution in [0.15, 0.2) is 55.0 Å². The molecule has 7 heteroatoms. The fourth-order valence-electron chi connectivity index (χ4n) is 2.51. The SMILES string of the molecule is O=C(Cc1cnn(Cc2ccccc2)c1)Nc1ccn(CCCO)n1. The van der Waals surface area contributed by atoms with Crippen LogP contribution >= 0.6 is 0 Å². The normalized spacial score (nSPS) is 10.8. The molecule has 2 N–H and O–H groups in total. The summed E-state index contributed by atoms with van der Waals surface area (Å²) < 4.78 is 3.52. The van der Waals surface area contributed by atoms with Crippen LogP contribution in [0.4, 0.5) is 5.82 Å². The predicted octanol–water partition coefficient (Wildman–Crippen LogP) is 1.69. The Bertz CT molecular complexity index is 810. The number of anilines is 1. The molecule has 2 aromatic heterocycles. The van der Waals surface area contributed by atoms with Gasteiger partial charge in [0.2, 0.25) is 5.91 Å². The Morgan fingerprint density at radius 3 is 2.76 bits per heavy atom. The number of hydrogen-bond donors (Lipinski definition) is 2. The van der Waals surface area contributed by atoms with Crippen LogP contribution in [0.3, 0.4) is 0 Å². The molecular formula is C18H21N5O2. The van der Waals surface area contributed by atoms with Gasteiger partial charge in [-0.15, -0.1) is 0 Å². The second-order valence-electron chi connectivity index (χ2n) is 5.80. The van der Waals surface area contributed by atoms with Crippen LogP contribution in [0.1, 0.15) is 17.5 Å². The Labute approximate surface area is 145 Å². The van der Waals surface area contributed by atoms with E-state index in [1.165, 1.54) is 0 Å². The Morgan fingerprint density at radius 1 is 1.12 bits per heavy atom. The topological polar surface area (TPSA) is 85.0 Å². The van der Waals surface area contributed by atoms with E-state index >= 15 is 0 Å². The lowest BCUT2D eigenvalue weighted by Crippen LogP contribution is -2.15. The van der Waals surface area contributed by atoms with E-state index in [-0.39, 0.29) is 18.9 Å². The van der Waals surface area contributed by atoms with Gasteiger partial charge in [-0.3, -0.25) is 14.2 Å². The maximum absolute atomic E-state index is 12.1. The van der Waals surface area contributed by atoms with Crippen LogP contribution in [0, 0.1) is 0 Å². The minimum atomic E-state index is -0.133. The molecule has 0 saturated heterocycles. The molecule has 2 heterocycles. The number of aliphatic hydroxyl groups excluding tert-OH is 1. The van der Waals surface area contributed by atoms with Gasteiger partial charge in [0, 0.05) is 31.6 Å². The van der Waals surface area contributed by atoms with Crippen molar-refractivity contribution in [2.75, 3.05) is 11.9 Å². The van der Waals surface area contributed by atoms with Crippen LogP contribution in [-0.2, 0) is 24.3 Å². The fraction of sp³-hybridized carbons (Fsp3) is 0.278. The Balaban J connectivity index is 1.52. The van der Waals surface area contributed by atoms with Crippen LogP contribution in [-0.4, -0.2) is 37.2 Å². The number of amides is 1. The summed E-state index contributed by atoms with van der Waals surface area (Å²) >= 11 is 0. The molecule has 0 unspecified atom stereocenters. The molecule has 130 valence electrons. The van der Waals surface area contributed by atoms with Crippen molar-refractivity contribution in [3.05, 3.63) is 66.1 Å². The summed E-state index contributed by atoms with van der Waals surface area (Å²) in [7, 11) is 0. The number of nitrogens with zero attached hydrogens (tertiary/aromatic N) is 4. The lowest BCUT2D eigenvalue weighted by Gasteiger charge is -2.02. The lowest BCUT2D eigenvalue weighted by atomic mass is 10.2. The third-order valence-corrected chi connectivity index (χ3v) is 3.69. The van der Waals surface area contributed by atoms with Crippen LogP contribution < -0.4 is 5.32 Å². The molecule has 0 atom stereocenters. The van der Waals surface area contributed by atoms with Crippen molar-refractivity contribution in [1.29, 1.82) is 0 Å². The van der Waals surface area contributed by atoms with E-state index in [9.17, 15) is 4.79 Å². The quantitative estimate of drug-likeness (QED) is 0.654. The lowest BCUT2D eigenvalue weighted by molar-refractivity contribution is -0.115. The standard InChI is InChI=1S/C18H21N5O2/c24-10-4-8-22-9-7-17(21-22)20-18(25)11-16-12-19-23(14-16)13-15-5-2-1-3-6-15/h1-3,5-7,9,12,14,24H,4,8,10-11,13H2,(H,20,21,25). The summed E-state index contributed by atoms with van der Waals surface area (Å²) in [6.45, 7) is 1.42. The molecule has 0 aliphatic heterocycles. The molecule has 0 fully saturated rings. The van der Waals surface area contributed by atoms with E-state index in [1.807, 2.05) is 41.2 Å². The van der Waals surface area contributed by atoms with E-state index in [4.69, 9.17) is 5.11 Å². The van der Waals surface area contributed by atoms with Crippen LogP contribution in [0.5, 0.6) is 0 Å². The van der Waals surface area contributed by atoms with E-state index in [0.29, 0.717) is 25.3 Å². The van der Waals surface area contributed by atoms with Gasteiger partial charge in [-0.1, -0.05) is 30.3 Å². The number of aromatic nitrogens is 4. The number of rotatable bonds is 8. The van der Waals surface area contributed by atoms with Crippen molar-refractivity contribution < 1.29 is 9.90 Å². The van der Waals surface area contributed by atoms with Gasteiger partial charge < -0.3 is 10.4 Å². The van der Waals surface area contributed by atoms with E-state index in [0.717, 1.165) is 11.1 Å². The molecule has 0 radical (unpaired) electrons. The summed E-state index contributed by atoms with van der Waals surface area (Å²) in [4.78, 5) is 12.1. The zero-order valence-corrected chi connectivity index (χ0v) is 13.9. The van der Waals surface area contributed by atoms with Crippen LogP contribution in [0.2, 0.25) is 0 Å². The zero-order chi connectivity index (χ0) is 17.5. The highest BCUT2D eigenvalue weighted by Crippen LogP contribution is 2.07. The molecule has 0 saturated carbocycles. The third-order valence-electron chi connectivity index (χ3n) is 3.69. The second kappa shape index (κ2) is 8.25. The number of carbonyl (C=O) groups is 1. The first kappa shape index (κ1) is 16.9. The molecule has 25 heavy (non-hydrogen) atoms. The summed E-state index contributed by atoms with van der Waals surface area (Å²) in [5.41, 5.74) is 2.02. The highest BCUT2D eigenvalue weighted by molar-refractivity contribution is 5.91. The van der Waals surface area contributed by atoms with Gasteiger partial charge in [-0.25, -0.2) is 0 Å². The molecule has 0 aliphatic carbocycles. The van der Waals surface area contributed by atoms with Gasteiger partial charge in [0.15, 0.2) is 5.82 Å². The first-order valence-electron chi connectivity index (χ1n) is 8.22. The number of aliphatic hydroxyl groups is 1.